The highest BCUT2D eigenvalue weighted by Crippen LogP contribution is 2.51. The molecule has 0 saturated heterocycles. The van der Waals surface area contributed by atoms with E-state index in [1.54, 1.807) is 24.3 Å². The number of hydrogen-bond acceptors (Lipinski definition) is 8. The van der Waals surface area contributed by atoms with Crippen molar-refractivity contribution in [3.05, 3.63) is 41.0 Å². The van der Waals surface area contributed by atoms with Crippen molar-refractivity contribution in [3.8, 4) is 5.75 Å². The summed E-state index contributed by atoms with van der Waals surface area (Å²) < 4.78 is 63.9. The number of aryl methyl sites for hydroxylation is 1. The average Bonchev–Trinajstić information content (AvgIpc) is 3.32. The molecule has 0 aliphatic carbocycles. The van der Waals surface area contributed by atoms with Gasteiger partial charge >= 0.3 is 5.97 Å². The van der Waals surface area contributed by atoms with E-state index in [1.165, 1.54) is 32.0 Å². The van der Waals surface area contributed by atoms with E-state index < -0.39 is 25.6 Å². The highest BCUT2D eigenvalue weighted by Gasteiger charge is 2.37. The van der Waals surface area contributed by atoms with E-state index in [2.05, 4.69) is 0 Å². The molecule has 188 valence electrons. The first-order chi connectivity index (χ1) is 16.4. The largest absolute Gasteiger partial charge is 0.495 e. The minimum atomic E-state index is -3.83. The van der Waals surface area contributed by atoms with Crippen molar-refractivity contribution in [2.45, 2.75) is 44.9 Å². The molecule has 1 aliphatic rings. The number of carbonyl (C=O) groups is 1. The summed E-state index contributed by atoms with van der Waals surface area (Å²) >= 11 is 7.35. The summed E-state index contributed by atoms with van der Waals surface area (Å²) in [6.07, 6.45) is 2.80. The number of rotatable bonds is 7. The Hall–Kier alpha value is -2.21. The monoisotopic (exact) mass is 557 g/mol. The average molecular weight is 558 g/mol. The predicted molar refractivity (Wildman–Crippen MR) is 134 cm³/mol. The van der Waals surface area contributed by atoms with Crippen molar-refractivity contribution < 1.29 is 31.1 Å². The van der Waals surface area contributed by atoms with Crippen molar-refractivity contribution >= 4 is 59.9 Å². The summed E-state index contributed by atoms with van der Waals surface area (Å²) in [6, 6.07) is 8.31. The lowest BCUT2D eigenvalue weighted by molar-refractivity contribution is -0.141. The van der Waals surface area contributed by atoms with Crippen LogP contribution in [0.5, 0.6) is 5.75 Å². The van der Waals surface area contributed by atoms with Gasteiger partial charge in [0.25, 0.3) is 0 Å². The lowest BCUT2D eigenvalue weighted by atomic mass is 10.00. The molecule has 0 spiro atoms. The van der Waals surface area contributed by atoms with Gasteiger partial charge in [-0.1, -0.05) is 23.4 Å². The van der Waals surface area contributed by atoms with E-state index in [-0.39, 0.29) is 33.4 Å². The Morgan fingerprint density at radius 2 is 1.77 bits per heavy atom. The molecule has 0 radical (unpaired) electrons. The smallest absolute Gasteiger partial charge is 0.306 e. The number of fused-ring (bicyclic) bond motifs is 3. The third-order valence-electron chi connectivity index (χ3n) is 5.96. The van der Waals surface area contributed by atoms with Gasteiger partial charge in [-0.15, -0.1) is 0 Å². The Morgan fingerprint density at radius 3 is 2.31 bits per heavy atom. The summed E-state index contributed by atoms with van der Waals surface area (Å²) in [5.41, 5.74) is 0.972. The third kappa shape index (κ3) is 4.78. The second-order valence-electron chi connectivity index (χ2n) is 8.36. The molecule has 1 aromatic heterocycles. The fraction of sp³-hybridized carbons (Fsp3) is 0.348. The molecule has 1 atom stereocenters. The van der Waals surface area contributed by atoms with Crippen molar-refractivity contribution in [1.29, 1.82) is 0 Å². The van der Waals surface area contributed by atoms with Gasteiger partial charge in [-0.3, -0.25) is 4.79 Å². The van der Waals surface area contributed by atoms with Crippen LogP contribution in [0.25, 0.3) is 10.9 Å². The van der Waals surface area contributed by atoms with Gasteiger partial charge in [-0.05, 0) is 30.7 Å². The molecule has 4 rings (SSSR count). The first-order valence-corrected chi connectivity index (χ1v) is 15.5. The standard InChI is InChI=1S/C23H24ClNO7S3/c1-31-16-12-17(34(3,27)28)19-21(23(16)35(4,29)30)25-10-9-13(11-18(26)32-2)20(25)22(19)33-15-7-5-14(24)6-8-15/h5-8,12-13H,9-11H2,1-4H3. The lowest BCUT2D eigenvalue weighted by Gasteiger charge is -2.14. The van der Waals surface area contributed by atoms with Crippen LogP contribution in [0.15, 0.2) is 49.9 Å². The maximum absolute atomic E-state index is 13.0. The van der Waals surface area contributed by atoms with Crippen molar-refractivity contribution in [2.75, 3.05) is 26.7 Å². The molecule has 2 aromatic carbocycles. The summed E-state index contributed by atoms with van der Waals surface area (Å²) in [5, 5.41) is 0.851. The molecule has 0 N–H and O–H groups in total. The van der Waals surface area contributed by atoms with Gasteiger partial charge in [0.05, 0.1) is 31.1 Å². The van der Waals surface area contributed by atoms with Crippen LogP contribution in [0.3, 0.4) is 0 Å². The Kier molecular flexibility index (Phi) is 6.91. The molecule has 1 unspecified atom stereocenters. The normalized spacial score (nSPS) is 15.9. The molecule has 2 heterocycles. The minimum absolute atomic E-state index is 0.0352. The first kappa shape index (κ1) is 25.9. The molecule has 0 bridgehead atoms. The number of methoxy groups -OCH3 is 2. The number of hydrogen-bond donors (Lipinski definition) is 0. The quantitative estimate of drug-likeness (QED) is 0.395. The van der Waals surface area contributed by atoms with E-state index in [9.17, 15) is 21.6 Å². The number of ether oxygens (including phenoxy) is 2. The topological polar surface area (TPSA) is 109 Å². The number of halogens is 1. The molecule has 12 heteroatoms. The fourth-order valence-corrected chi connectivity index (χ4v) is 7.87. The molecule has 3 aromatic rings. The van der Waals surface area contributed by atoms with Crippen LogP contribution in [0.1, 0.15) is 24.5 Å². The zero-order valence-corrected chi connectivity index (χ0v) is 22.7. The number of nitrogens with zero attached hydrogens (tertiary/aromatic N) is 1. The van der Waals surface area contributed by atoms with Crippen molar-refractivity contribution in [2.24, 2.45) is 0 Å². The number of aromatic nitrogens is 1. The Balaban J connectivity index is 2.16. The molecule has 0 fully saturated rings. The molecular weight excluding hydrogens is 534 g/mol. The number of carbonyl (C=O) groups excluding carboxylic acids is 1. The van der Waals surface area contributed by atoms with Gasteiger partial charge in [0.1, 0.15) is 10.6 Å². The molecule has 0 saturated carbocycles. The molecule has 8 nitrogen and oxygen atoms in total. The lowest BCUT2D eigenvalue weighted by Crippen LogP contribution is -2.08. The maximum Gasteiger partial charge on any atom is 0.306 e. The van der Waals surface area contributed by atoms with E-state index in [0.29, 0.717) is 34.0 Å². The predicted octanol–water partition coefficient (Wildman–Crippen LogP) is 4.31. The summed E-state index contributed by atoms with van der Waals surface area (Å²) in [6.45, 7) is 0.410. The van der Waals surface area contributed by atoms with Gasteiger partial charge in [0.15, 0.2) is 19.7 Å². The second-order valence-corrected chi connectivity index (χ2v) is 13.8. The van der Waals surface area contributed by atoms with Gasteiger partial charge < -0.3 is 14.0 Å². The van der Waals surface area contributed by atoms with Crippen LogP contribution in [0.2, 0.25) is 5.02 Å². The highest BCUT2D eigenvalue weighted by molar-refractivity contribution is 7.99. The highest BCUT2D eigenvalue weighted by atomic mass is 35.5. The van der Waals surface area contributed by atoms with Crippen LogP contribution >= 0.6 is 23.4 Å². The summed E-state index contributed by atoms with van der Waals surface area (Å²) in [4.78, 5) is 13.4. The van der Waals surface area contributed by atoms with Gasteiger partial charge in [-0.25, -0.2) is 16.8 Å². The Labute approximate surface area is 213 Å². The number of sulfone groups is 2. The van der Waals surface area contributed by atoms with E-state index in [1.807, 2.05) is 4.57 Å². The molecule has 0 amide bonds. The zero-order valence-electron chi connectivity index (χ0n) is 19.5. The second kappa shape index (κ2) is 9.34. The summed E-state index contributed by atoms with van der Waals surface area (Å²) in [5.74, 6) is -0.726. The van der Waals surface area contributed by atoms with E-state index in [4.69, 9.17) is 21.1 Å². The SMILES string of the molecule is COC(=O)CC1CCn2c1c(Sc1ccc(Cl)cc1)c1c(S(C)(=O)=O)cc(OC)c(S(C)(=O)=O)c12. The van der Waals surface area contributed by atoms with Crippen molar-refractivity contribution in [3.63, 3.8) is 0 Å². The van der Waals surface area contributed by atoms with Crippen molar-refractivity contribution in [1.82, 2.24) is 4.57 Å². The first-order valence-electron chi connectivity index (χ1n) is 10.5. The molecular formula is C23H24ClNO7S3. The van der Waals surface area contributed by atoms with Crippen LogP contribution in [-0.4, -0.2) is 54.1 Å². The van der Waals surface area contributed by atoms with Crippen LogP contribution < -0.4 is 4.74 Å². The Bertz CT molecular complexity index is 1540. The zero-order chi connectivity index (χ0) is 25.7. The van der Waals surface area contributed by atoms with Crippen LogP contribution in [0, 0.1) is 0 Å². The van der Waals surface area contributed by atoms with E-state index in [0.717, 1.165) is 17.4 Å². The maximum atomic E-state index is 13.0. The minimum Gasteiger partial charge on any atom is -0.495 e. The van der Waals surface area contributed by atoms with Gasteiger partial charge in [0.2, 0.25) is 0 Å². The van der Waals surface area contributed by atoms with Gasteiger partial charge in [0, 0.05) is 56.9 Å². The number of esters is 1. The van der Waals surface area contributed by atoms with Crippen LogP contribution in [-0.2, 0) is 35.8 Å². The third-order valence-corrected chi connectivity index (χ3v) is 9.59. The van der Waals surface area contributed by atoms with E-state index >= 15 is 0 Å². The molecule has 35 heavy (non-hydrogen) atoms. The number of benzene rings is 2. The van der Waals surface area contributed by atoms with Gasteiger partial charge in [-0.2, -0.15) is 0 Å². The fourth-order valence-electron chi connectivity index (χ4n) is 4.52. The Morgan fingerprint density at radius 1 is 1.11 bits per heavy atom. The molecule has 1 aliphatic heterocycles. The summed E-state index contributed by atoms with van der Waals surface area (Å²) in [7, 11) is -5.00. The van der Waals surface area contributed by atoms with Crippen LogP contribution in [0.4, 0.5) is 0 Å².